The van der Waals surface area contributed by atoms with E-state index in [2.05, 4.69) is 58.4 Å². The topological polar surface area (TPSA) is 36.7 Å². The van der Waals surface area contributed by atoms with Gasteiger partial charge in [-0.3, -0.25) is 0 Å². The highest BCUT2D eigenvalue weighted by atomic mass is 79.9. The van der Waals surface area contributed by atoms with Gasteiger partial charge in [0.15, 0.2) is 0 Å². The summed E-state index contributed by atoms with van der Waals surface area (Å²) < 4.78 is 1.03. The number of rotatable bonds is 8. The number of thioether (sulfide) groups is 2. The summed E-state index contributed by atoms with van der Waals surface area (Å²) in [5, 5.41) is 10.8. The Bertz CT molecular complexity index is 1200. The first-order valence-electron chi connectivity index (χ1n) is 10.3. The van der Waals surface area contributed by atoms with Gasteiger partial charge >= 0.3 is 0 Å². The molecule has 3 aromatic carbocycles. The SMILES string of the molecule is N#Cc1c(-c2ccccc2)cc(-c2ccc(Br)cc2)nc1SCCSCc1ccccc1. The molecule has 0 N–H and O–H groups in total. The van der Waals surface area contributed by atoms with E-state index in [9.17, 15) is 5.26 Å². The highest BCUT2D eigenvalue weighted by Gasteiger charge is 2.15. The molecular weight excluding hydrogens is 496 g/mol. The van der Waals surface area contributed by atoms with Crippen LogP contribution in [-0.4, -0.2) is 16.5 Å². The maximum absolute atomic E-state index is 10.00. The fourth-order valence-electron chi connectivity index (χ4n) is 3.31. The van der Waals surface area contributed by atoms with Gasteiger partial charge in [0.2, 0.25) is 0 Å². The molecule has 0 radical (unpaired) electrons. The summed E-state index contributed by atoms with van der Waals surface area (Å²) in [5.41, 5.74) is 5.87. The first-order valence-corrected chi connectivity index (χ1v) is 13.2. The minimum Gasteiger partial charge on any atom is -0.240 e. The van der Waals surface area contributed by atoms with Gasteiger partial charge in [-0.1, -0.05) is 88.7 Å². The predicted octanol–water partition coefficient (Wildman–Crippen LogP) is 8.08. The smallest absolute Gasteiger partial charge is 0.115 e. The average molecular weight is 518 g/mol. The normalized spacial score (nSPS) is 10.6. The van der Waals surface area contributed by atoms with Crippen LogP contribution in [0.15, 0.2) is 100 Å². The maximum Gasteiger partial charge on any atom is 0.115 e. The Labute approximate surface area is 206 Å². The van der Waals surface area contributed by atoms with E-state index in [0.29, 0.717) is 5.56 Å². The molecule has 4 rings (SSSR count). The quantitative estimate of drug-likeness (QED) is 0.175. The van der Waals surface area contributed by atoms with Gasteiger partial charge in [0.1, 0.15) is 11.1 Å². The van der Waals surface area contributed by atoms with Crippen molar-refractivity contribution >= 4 is 39.5 Å². The molecule has 32 heavy (non-hydrogen) atoms. The van der Waals surface area contributed by atoms with Crippen LogP contribution in [-0.2, 0) is 5.75 Å². The summed E-state index contributed by atoms with van der Waals surface area (Å²) in [5.74, 6) is 2.89. The van der Waals surface area contributed by atoms with Gasteiger partial charge in [0.05, 0.1) is 11.3 Å². The summed E-state index contributed by atoms with van der Waals surface area (Å²) in [4.78, 5) is 4.90. The van der Waals surface area contributed by atoms with Crippen LogP contribution in [0.25, 0.3) is 22.4 Å². The maximum atomic E-state index is 10.00. The summed E-state index contributed by atoms with van der Waals surface area (Å²) in [6.45, 7) is 0. The molecule has 0 aliphatic rings. The zero-order chi connectivity index (χ0) is 22.2. The molecule has 0 amide bonds. The fourth-order valence-corrected chi connectivity index (χ4v) is 5.61. The van der Waals surface area contributed by atoms with Crippen LogP contribution in [0.3, 0.4) is 0 Å². The van der Waals surface area contributed by atoms with Crippen LogP contribution in [0.1, 0.15) is 11.1 Å². The molecule has 1 heterocycles. The van der Waals surface area contributed by atoms with E-state index < -0.39 is 0 Å². The number of pyridine rings is 1. The molecule has 0 unspecified atom stereocenters. The van der Waals surface area contributed by atoms with Crippen molar-refractivity contribution in [1.29, 1.82) is 5.26 Å². The number of aromatic nitrogens is 1. The van der Waals surface area contributed by atoms with E-state index in [0.717, 1.165) is 49.1 Å². The molecule has 2 nitrogen and oxygen atoms in total. The first-order chi connectivity index (χ1) is 15.7. The zero-order valence-corrected chi connectivity index (χ0v) is 20.6. The van der Waals surface area contributed by atoms with E-state index in [1.807, 2.05) is 66.4 Å². The monoisotopic (exact) mass is 516 g/mol. The number of hydrogen-bond donors (Lipinski definition) is 0. The molecule has 4 aromatic rings. The number of halogens is 1. The third-order valence-electron chi connectivity index (χ3n) is 4.90. The average Bonchev–Trinajstić information content (AvgIpc) is 2.85. The van der Waals surface area contributed by atoms with Gasteiger partial charge in [0.25, 0.3) is 0 Å². The van der Waals surface area contributed by atoms with Gasteiger partial charge in [-0.05, 0) is 29.3 Å². The summed E-state index contributed by atoms with van der Waals surface area (Å²) >= 11 is 7.07. The lowest BCUT2D eigenvalue weighted by molar-refractivity contribution is 1.12. The van der Waals surface area contributed by atoms with Gasteiger partial charge in [-0.25, -0.2) is 4.98 Å². The van der Waals surface area contributed by atoms with Gasteiger partial charge < -0.3 is 0 Å². The van der Waals surface area contributed by atoms with Crippen molar-refractivity contribution in [3.8, 4) is 28.5 Å². The Kier molecular flexibility index (Phi) is 8.06. The molecule has 1 aromatic heterocycles. The molecule has 0 saturated heterocycles. The van der Waals surface area contributed by atoms with Crippen molar-refractivity contribution in [3.05, 3.63) is 107 Å². The second kappa shape index (κ2) is 11.4. The van der Waals surface area contributed by atoms with Crippen LogP contribution < -0.4 is 0 Å². The number of nitriles is 1. The molecule has 0 atom stereocenters. The second-order valence-corrected chi connectivity index (χ2v) is 10.2. The van der Waals surface area contributed by atoms with Crippen molar-refractivity contribution in [2.75, 3.05) is 11.5 Å². The van der Waals surface area contributed by atoms with Crippen molar-refractivity contribution in [2.24, 2.45) is 0 Å². The molecule has 0 bridgehead atoms. The van der Waals surface area contributed by atoms with Gasteiger partial charge in [0, 0.05) is 32.9 Å². The van der Waals surface area contributed by atoms with Crippen LogP contribution >= 0.6 is 39.5 Å². The standard InChI is InChI=1S/C27H21BrN2S2/c28-23-13-11-22(12-14-23)26-17-24(21-9-5-2-6-10-21)25(18-29)27(30-26)32-16-15-31-19-20-7-3-1-4-8-20/h1-14,17H,15-16,19H2. The molecule has 158 valence electrons. The largest absolute Gasteiger partial charge is 0.240 e. The van der Waals surface area contributed by atoms with Crippen molar-refractivity contribution in [2.45, 2.75) is 10.8 Å². The number of hydrogen-bond acceptors (Lipinski definition) is 4. The van der Waals surface area contributed by atoms with Crippen LogP contribution in [0, 0.1) is 11.3 Å². The van der Waals surface area contributed by atoms with Crippen LogP contribution in [0.5, 0.6) is 0 Å². The highest BCUT2D eigenvalue weighted by molar-refractivity contribution is 9.10. The highest BCUT2D eigenvalue weighted by Crippen LogP contribution is 2.34. The third kappa shape index (κ3) is 5.83. The summed E-state index contributed by atoms with van der Waals surface area (Å²) in [7, 11) is 0. The summed E-state index contributed by atoms with van der Waals surface area (Å²) in [6.07, 6.45) is 0. The Morgan fingerprint density at radius 3 is 2.19 bits per heavy atom. The van der Waals surface area contributed by atoms with Crippen molar-refractivity contribution < 1.29 is 0 Å². The van der Waals surface area contributed by atoms with Crippen LogP contribution in [0.4, 0.5) is 0 Å². The minimum atomic E-state index is 0.648. The molecule has 0 saturated carbocycles. The van der Waals surface area contributed by atoms with Gasteiger partial charge in [-0.2, -0.15) is 17.0 Å². The lowest BCUT2D eigenvalue weighted by Crippen LogP contribution is -1.97. The zero-order valence-electron chi connectivity index (χ0n) is 17.4. The van der Waals surface area contributed by atoms with Crippen LogP contribution in [0.2, 0.25) is 0 Å². The molecule has 0 fully saturated rings. The predicted molar refractivity (Wildman–Crippen MR) is 141 cm³/mol. The lowest BCUT2D eigenvalue weighted by atomic mass is 9.99. The molecule has 5 heteroatoms. The third-order valence-corrected chi connectivity index (χ3v) is 7.70. The lowest BCUT2D eigenvalue weighted by Gasteiger charge is -2.13. The molecular formula is C27H21BrN2S2. The van der Waals surface area contributed by atoms with E-state index in [1.54, 1.807) is 11.8 Å². The minimum absolute atomic E-state index is 0.648. The molecule has 0 aliphatic heterocycles. The first kappa shape index (κ1) is 22.7. The second-order valence-electron chi connectivity index (χ2n) is 7.11. The fraction of sp³-hybridized carbons (Fsp3) is 0.111. The Balaban J connectivity index is 1.59. The molecule has 0 aliphatic carbocycles. The Hall–Kier alpha value is -2.52. The Morgan fingerprint density at radius 1 is 0.812 bits per heavy atom. The van der Waals surface area contributed by atoms with E-state index >= 15 is 0 Å². The van der Waals surface area contributed by atoms with Gasteiger partial charge in [-0.15, -0.1) is 11.8 Å². The number of benzene rings is 3. The summed E-state index contributed by atoms with van der Waals surface area (Å²) in [6, 6.07) is 33.2. The molecule has 0 spiro atoms. The van der Waals surface area contributed by atoms with Crippen molar-refractivity contribution in [3.63, 3.8) is 0 Å². The Morgan fingerprint density at radius 2 is 1.50 bits per heavy atom. The number of nitrogens with zero attached hydrogens (tertiary/aromatic N) is 2. The van der Waals surface area contributed by atoms with E-state index in [1.165, 1.54) is 5.56 Å². The van der Waals surface area contributed by atoms with E-state index in [4.69, 9.17) is 4.98 Å². The van der Waals surface area contributed by atoms with Crippen molar-refractivity contribution in [1.82, 2.24) is 4.98 Å². The van der Waals surface area contributed by atoms with E-state index in [-0.39, 0.29) is 0 Å².